The van der Waals surface area contributed by atoms with Gasteiger partial charge in [0.25, 0.3) is 0 Å². The van der Waals surface area contributed by atoms with E-state index in [1.807, 2.05) is 0 Å². The van der Waals surface area contributed by atoms with Crippen LogP contribution in [-0.2, 0) is 6.42 Å². The molecule has 1 nitrogen and oxygen atoms in total. The normalized spacial score (nSPS) is 21.5. The predicted octanol–water partition coefficient (Wildman–Crippen LogP) is 5.41. The van der Waals surface area contributed by atoms with Crippen molar-refractivity contribution >= 4 is 5.69 Å². The highest BCUT2D eigenvalue weighted by Crippen LogP contribution is 2.38. The summed E-state index contributed by atoms with van der Waals surface area (Å²) in [6.07, 6.45) is 9.15. The third-order valence-electron chi connectivity index (χ3n) is 4.36. The molecule has 0 bridgehead atoms. The van der Waals surface area contributed by atoms with Gasteiger partial charge in [0.1, 0.15) is 0 Å². The second-order valence-corrected chi connectivity index (χ2v) is 6.90. The van der Waals surface area contributed by atoms with Crippen LogP contribution in [0.15, 0.2) is 24.3 Å². The number of unbranched alkanes of at least 4 members (excludes halogenated alkanes) is 2. The van der Waals surface area contributed by atoms with E-state index in [-0.39, 0.29) is 0 Å². The van der Waals surface area contributed by atoms with Gasteiger partial charge in [0.15, 0.2) is 0 Å². The molecule has 0 aromatic heterocycles. The molecule has 1 unspecified atom stereocenters. The van der Waals surface area contributed by atoms with Crippen LogP contribution in [0.3, 0.4) is 0 Å². The Balaban J connectivity index is 1.82. The summed E-state index contributed by atoms with van der Waals surface area (Å²) in [6.45, 7) is 7.02. The highest BCUT2D eigenvalue weighted by Gasteiger charge is 2.30. The highest BCUT2D eigenvalue weighted by atomic mass is 14.9. The van der Waals surface area contributed by atoms with Crippen LogP contribution >= 0.6 is 0 Å². The van der Waals surface area contributed by atoms with E-state index >= 15 is 0 Å². The Morgan fingerprint density at radius 1 is 1.16 bits per heavy atom. The van der Waals surface area contributed by atoms with Crippen LogP contribution in [0.2, 0.25) is 0 Å². The van der Waals surface area contributed by atoms with Gasteiger partial charge in [-0.15, -0.1) is 0 Å². The van der Waals surface area contributed by atoms with Crippen molar-refractivity contribution in [1.82, 2.24) is 0 Å². The number of hydrogen-bond acceptors (Lipinski definition) is 1. The molecule has 0 spiro atoms. The van der Waals surface area contributed by atoms with E-state index in [2.05, 4.69) is 50.4 Å². The Bertz CT molecular complexity index is 377. The van der Waals surface area contributed by atoms with Crippen LogP contribution in [0.4, 0.5) is 5.69 Å². The summed E-state index contributed by atoms with van der Waals surface area (Å²) >= 11 is 0. The average molecular weight is 259 g/mol. The van der Waals surface area contributed by atoms with Crippen LogP contribution < -0.4 is 5.32 Å². The monoisotopic (exact) mass is 259 g/mol. The fraction of sp³-hybridized carbons (Fsp3) is 0.667. The van der Waals surface area contributed by atoms with Gasteiger partial charge >= 0.3 is 0 Å². The number of nitrogens with one attached hydrogen (secondary N) is 1. The number of rotatable bonds is 6. The van der Waals surface area contributed by atoms with Crippen molar-refractivity contribution in [2.45, 2.75) is 71.8 Å². The van der Waals surface area contributed by atoms with Gasteiger partial charge in [0.05, 0.1) is 0 Å². The van der Waals surface area contributed by atoms with Crippen LogP contribution in [0.1, 0.15) is 64.9 Å². The average Bonchev–Trinajstić information content (AvgIpc) is 2.71. The zero-order valence-electron chi connectivity index (χ0n) is 12.8. The van der Waals surface area contributed by atoms with E-state index < -0.39 is 0 Å². The minimum atomic E-state index is 0.526. The molecular formula is C18H29N. The summed E-state index contributed by atoms with van der Waals surface area (Å²) in [6, 6.07) is 9.76. The topological polar surface area (TPSA) is 12.0 Å². The molecule has 1 saturated carbocycles. The van der Waals surface area contributed by atoms with E-state index in [9.17, 15) is 0 Å². The summed E-state index contributed by atoms with van der Waals surface area (Å²) in [5.41, 5.74) is 3.30. The van der Waals surface area contributed by atoms with Crippen molar-refractivity contribution in [3.8, 4) is 0 Å². The van der Waals surface area contributed by atoms with Crippen molar-refractivity contribution < 1.29 is 0 Å². The molecule has 0 saturated heterocycles. The number of benzene rings is 1. The Hall–Kier alpha value is -0.980. The molecule has 1 atom stereocenters. The van der Waals surface area contributed by atoms with Crippen LogP contribution in [-0.4, -0.2) is 6.04 Å². The Labute approximate surface area is 118 Å². The van der Waals surface area contributed by atoms with Crippen LogP contribution in [0.5, 0.6) is 0 Å². The Morgan fingerprint density at radius 2 is 1.89 bits per heavy atom. The first-order valence-corrected chi connectivity index (χ1v) is 7.94. The van der Waals surface area contributed by atoms with Gasteiger partial charge in [0, 0.05) is 11.7 Å². The molecule has 2 rings (SSSR count). The van der Waals surface area contributed by atoms with E-state index in [1.54, 1.807) is 0 Å². The fourth-order valence-electron chi connectivity index (χ4n) is 3.14. The Morgan fingerprint density at radius 3 is 2.47 bits per heavy atom. The number of anilines is 1. The lowest BCUT2D eigenvalue weighted by atomic mass is 9.92. The lowest BCUT2D eigenvalue weighted by Gasteiger charge is -2.18. The lowest BCUT2D eigenvalue weighted by molar-refractivity contribution is 0.378. The van der Waals surface area contributed by atoms with Crippen LogP contribution in [0, 0.1) is 5.41 Å². The lowest BCUT2D eigenvalue weighted by Crippen LogP contribution is -2.17. The standard InChI is InChI=1S/C18H29N/c1-4-5-6-7-15-8-10-16(11-9-15)19-17-12-13-18(2,3)14-17/h8-11,17,19H,4-7,12-14H2,1-3H3. The third kappa shape index (κ3) is 4.56. The van der Waals surface area contributed by atoms with Gasteiger partial charge in [0.2, 0.25) is 0 Å². The van der Waals surface area contributed by atoms with Gasteiger partial charge in [-0.3, -0.25) is 0 Å². The summed E-state index contributed by atoms with van der Waals surface area (Å²) in [7, 11) is 0. The SMILES string of the molecule is CCCCCc1ccc(NC2CCC(C)(C)C2)cc1. The fourth-order valence-corrected chi connectivity index (χ4v) is 3.14. The summed E-state index contributed by atoms with van der Waals surface area (Å²) in [4.78, 5) is 0. The minimum absolute atomic E-state index is 0.526. The predicted molar refractivity (Wildman–Crippen MR) is 84.7 cm³/mol. The van der Waals surface area contributed by atoms with Gasteiger partial charge in [-0.25, -0.2) is 0 Å². The molecule has 106 valence electrons. The molecule has 1 heteroatoms. The van der Waals surface area contributed by atoms with E-state index in [4.69, 9.17) is 0 Å². The molecule has 0 heterocycles. The zero-order valence-corrected chi connectivity index (χ0v) is 12.8. The summed E-state index contributed by atoms with van der Waals surface area (Å²) in [5.74, 6) is 0. The summed E-state index contributed by atoms with van der Waals surface area (Å²) in [5, 5.41) is 3.69. The maximum atomic E-state index is 3.69. The highest BCUT2D eigenvalue weighted by molar-refractivity contribution is 5.45. The summed E-state index contributed by atoms with van der Waals surface area (Å²) < 4.78 is 0. The smallest absolute Gasteiger partial charge is 0.0342 e. The van der Waals surface area contributed by atoms with E-state index in [0.717, 1.165) is 0 Å². The number of hydrogen-bond donors (Lipinski definition) is 1. The van der Waals surface area contributed by atoms with Crippen molar-refractivity contribution in [2.24, 2.45) is 5.41 Å². The molecule has 1 aromatic carbocycles. The maximum absolute atomic E-state index is 3.69. The van der Waals surface area contributed by atoms with Gasteiger partial charge in [-0.05, 0) is 55.2 Å². The molecule has 0 aliphatic heterocycles. The van der Waals surface area contributed by atoms with Gasteiger partial charge in [-0.1, -0.05) is 45.7 Å². The molecule has 1 aromatic rings. The van der Waals surface area contributed by atoms with E-state index in [1.165, 1.54) is 56.2 Å². The molecule has 1 fully saturated rings. The van der Waals surface area contributed by atoms with Gasteiger partial charge in [-0.2, -0.15) is 0 Å². The second-order valence-electron chi connectivity index (χ2n) is 6.90. The molecule has 19 heavy (non-hydrogen) atoms. The maximum Gasteiger partial charge on any atom is 0.0342 e. The van der Waals surface area contributed by atoms with Gasteiger partial charge < -0.3 is 5.32 Å². The molecule has 1 aliphatic carbocycles. The second kappa shape index (κ2) is 6.45. The van der Waals surface area contributed by atoms with Crippen molar-refractivity contribution in [3.63, 3.8) is 0 Å². The molecule has 0 amide bonds. The van der Waals surface area contributed by atoms with E-state index in [0.29, 0.717) is 11.5 Å². The molecule has 1 aliphatic rings. The largest absolute Gasteiger partial charge is 0.382 e. The number of aryl methyl sites for hydroxylation is 1. The van der Waals surface area contributed by atoms with Crippen molar-refractivity contribution in [3.05, 3.63) is 29.8 Å². The first kappa shape index (κ1) is 14.4. The van der Waals surface area contributed by atoms with Crippen LogP contribution in [0.25, 0.3) is 0 Å². The molecular weight excluding hydrogens is 230 g/mol. The minimum Gasteiger partial charge on any atom is -0.382 e. The zero-order chi connectivity index (χ0) is 13.7. The van der Waals surface area contributed by atoms with Crippen molar-refractivity contribution in [1.29, 1.82) is 0 Å². The molecule has 1 N–H and O–H groups in total. The molecule has 0 radical (unpaired) electrons. The van der Waals surface area contributed by atoms with Crippen molar-refractivity contribution in [2.75, 3.05) is 5.32 Å². The quantitative estimate of drug-likeness (QED) is 0.673. The third-order valence-corrected chi connectivity index (χ3v) is 4.36. The first-order chi connectivity index (χ1) is 9.09. The first-order valence-electron chi connectivity index (χ1n) is 7.94. The Kier molecular flexibility index (Phi) is 4.90.